The fourth-order valence-electron chi connectivity index (χ4n) is 4.49. The van der Waals surface area contributed by atoms with Crippen LogP contribution in [0.4, 0.5) is 5.69 Å². The van der Waals surface area contributed by atoms with Crippen molar-refractivity contribution < 1.29 is 8.98 Å². The number of benzene rings is 3. The Morgan fingerprint density at radius 3 is 2.42 bits per heavy atom. The molecule has 2 heterocycles. The number of aryl methyl sites for hydroxylation is 3. The molecule has 0 aliphatic heterocycles. The van der Waals surface area contributed by atoms with Gasteiger partial charge in [-0.1, -0.05) is 42.5 Å². The van der Waals surface area contributed by atoms with Crippen molar-refractivity contribution in [2.45, 2.75) is 20.8 Å². The number of nitrogens with zero attached hydrogens (tertiary/aromatic N) is 2. The summed E-state index contributed by atoms with van der Waals surface area (Å²) >= 11 is 0. The average molecular weight is 404 g/mol. The first kappa shape index (κ1) is 19.1. The zero-order chi connectivity index (χ0) is 21.7. The van der Waals surface area contributed by atoms with E-state index < -0.39 is 0 Å². The van der Waals surface area contributed by atoms with E-state index in [0.717, 1.165) is 44.3 Å². The van der Waals surface area contributed by atoms with Gasteiger partial charge in [-0.3, -0.25) is 0 Å². The lowest BCUT2D eigenvalue weighted by atomic mass is 9.95. The second-order valence-corrected chi connectivity index (χ2v) is 8.20. The Kier molecular flexibility index (Phi) is 4.38. The average Bonchev–Trinajstić information content (AvgIpc) is 3.14. The van der Waals surface area contributed by atoms with Crippen LogP contribution < -0.4 is 4.57 Å². The van der Waals surface area contributed by atoms with Crippen molar-refractivity contribution in [2.75, 3.05) is 0 Å². The van der Waals surface area contributed by atoms with Gasteiger partial charge in [0, 0.05) is 29.8 Å². The molecule has 31 heavy (non-hydrogen) atoms. The van der Waals surface area contributed by atoms with Gasteiger partial charge in [-0.2, -0.15) is 4.57 Å². The Hall–Kier alpha value is -3.90. The Bertz CT molecular complexity index is 1520. The molecule has 0 N–H and O–H groups in total. The molecule has 3 heteroatoms. The van der Waals surface area contributed by atoms with Gasteiger partial charge in [-0.05, 0) is 48.2 Å². The minimum Gasteiger partial charge on any atom is -0.456 e. The molecular weight excluding hydrogens is 380 g/mol. The summed E-state index contributed by atoms with van der Waals surface area (Å²) in [5.74, 6) is 0. The summed E-state index contributed by atoms with van der Waals surface area (Å²) in [6.07, 6.45) is 0. The maximum absolute atomic E-state index is 7.58. The molecule has 0 saturated carbocycles. The molecule has 3 aromatic carbocycles. The molecule has 2 aromatic heterocycles. The first-order chi connectivity index (χ1) is 15.0. The molecule has 0 unspecified atom stereocenters. The van der Waals surface area contributed by atoms with E-state index >= 15 is 0 Å². The van der Waals surface area contributed by atoms with Crippen molar-refractivity contribution in [3.8, 4) is 22.4 Å². The third-order valence-corrected chi connectivity index (χ3v) is 6.10. The molecule has 5 rings (SSSR count). The van der Waals surface area contributed by atoms with Gasteiger partial charge in [0.05, 0.1) is 12.1 Å². The van der Waals surface area contributed by atoms with E-state index in [1.165, 1.54) is 16.8 Å². The van der Waals surface area contributed by atoms with Crippen molar-refractivity contribution >= 4 is 27.6 Å². The topological polar surface area (TPSA) is 21.4 Å². The molecule has 3 nitrogen and oxygen atoms in total. The van der Waals surface area contributed by atoms with E-state index in [2.05, 4.69) is 73.6 Å². The molecule has 0 aliphatic rings. The summed E-state index contributed by atoms with van der Waals surface area (Å²) in [4.78, 5) is 3.70. The van der Waals surface area contributed by atoms with Crippen molar-refractivity contribution in [1.82, 2.24) is 0 Å². The maximum Gasteiger partial charge on any atom is 0.216 e. The lowest BCUT2D eigenvalue weighted by molar-refractivity contribution is -0.666. The van der Waals surface area contributed by atoms with E-state index in [-0.39, 0.29) is 0 Å². The van der Waals surface area contributed by atoms with Crippen LogP contribution >= 0.6 is 0 Å². The van der Waals surface area contributed by atoms with Gasteiger partial charge in [0.1, 0.15) is 18.2 Å². The van der Waals surface area contributed by atoms with Gasteiger partial charge >= 0.3 is 0 Å². The fourth-order valence-corrected chi connectivity index (χ4v) is 4.49. The normalized spacial score (nSPS) is 11.2. The summed E-state index contributed by atoms with van der Waals surface area (Å²) in [6, 6.07) is 22.8. The molecule has 0 fully saturated rings. The first-order valence-electron chi connectivity index (χ1n) is 10.4. The molecule has 0 bridgehead atoms. The molecule has 0 radical (unpaired) electrons. The van der Waals surface area contributed by atoms with Crippen LogP contribution in [0.2, 0.25) is 0 Å². The number of pyridine rings is 1. The largest absolute Gasteiger partial charge is 0.456 e. The van der Waals surface area contributed by atoms with Gasteiger partial charge in [-0.15, -0.1) is 0 Å². The van der Waals surface area contributed by atoms with Crippen LogP contribution in [-0.2, 0) is 7.05 Å². The van der Waals surface area contributed by atoms with Gasteiger partial charge < -0.3 is 4.42 Å². The van der Waals surface area contributed by atoms with Gasteiger partial charge in [0.15, 0.2) is 11.4 Å². The SMILES string of the molecule is [C-]#[N+]c1cc(-c2ccccc2)c2c(c1)oc1c(-c3cc(C)cc(C)[n+]3C)c(C)ccc12. The molecule has 0 spiro atoms. The quantitative estimate of drug-likeness (QED) is 0.225. The minimum absolute atomic E-state index is 0.584. The number of rotatable bonds is 2. The third-order valence-electron chi connectivity index (χ3n) is 6.10. The van der Waals surface area contributed by atoms with Crippen LogP contribution in [0.25, 0.3) is 49.2 Å². The monoisotopic (exact) mass is 403 g/mol. The molecular formula is C28H23N2O+. The van der Waals surface area contributed by atoms with E-state index in [4.69, 9.17) is 11.0 Å². The van der Waals surface area contributed by atoms with Crippen LogP contribution in [0.15, 0.2) is 71.1 Å². The van der Waals surface area contributed by atoms with E-state index in [1.54, 1.807) is 0 Å². The summed E-state index contributed by atoms with van der Waals surface area (Å²) in [5.41, 5.74) is 10.1. The van der Waals surface area contributed by atoms with Crippen LogP contribution in [0.5, 0.6) is 0 Å². The molecule has 5 aromatic rings. The van der Waals surface area contributed by atoms with Crippen molar-refractivity contribution in [1.29, 1.82) is 0 Å². The highest BCUT2D eigenvalue weighted by Crippen LogP contribution is 2.43. The first-order valence-corrected chi connectivity index (χ1v) is 10.4. The van der Waals surface area contributed by atoms with Crippen LogP contribution in [0.1, 0.15) is 16.8 Å². The molecule has 150 valence electrons. The van der Waals surface area contributed by atoms with Gasteiger partial charge in [0.25, 0.3) is 0 Å². The van der Waals surface area contributed by atoms with Crippen molar-refractivity contribution in [3.63, 3.8) is 0 Å². The van der Waals surface area contributed by atoms with Crippen LogP contribution in [0.3, 0.4) is 0 Å². The predicted octanol–water partition coefficient (Wildman–Crippen LogP) is 7.22. The Morgan fingerprint density at radius 1 is 0.903 bits per heavy atom. The Balaban J connectivity index is 1.94. The summed E-state index contributed by atoms with van der Waals surface area (Å²) < 4.78 is 8.71. The second-order valence-electron chi connectivity index (χ2n) is 8.20. The highest BCUT2D eigenvalue weighted by atomic mass is 16.3. The zero-order valence-corrected chi connectivity index (χ0v) is 18.2. The second kappa shape index (κ2) is 7.11. The maximum atomic E-state index is 7.58. The van der Waals surface area contributed by atoms with Crippen molar-refractivity contribution in [3.05, 3.63) is 95.0 Å². The zero-order valence-electron chi connectivity index (χ0n) is 18.2. The number of aromatic nitrogens is 1. The molecule has 0 atom stereocenters. The van der Waals surface area contributed by atoms with Crippen molar-refractivity contribution in [2.24, 2.45) is 7.05 Å². The minimum atomic E-state index is 0.584. The number of hydrogen-bond donors (Lipinski definition) is 0. The molecule has 0 saturated heterocycles. The van der Waals surface area contributed by atoms with E-state index in [0.29, 0.717) is 5.69 Å². The summed E-state index contributed by atoms with van der Waals surface area (Å²) in [6.45, 7) is 14.0. The van der Waals surface area contributed by atoms with E-state index in [1.807, 2.05) is 30.3 Å². The highest BCUT2D eigenvalue weighted by Gasteiger charge is 2.23. The standard InChI is InChI=1S/C28H23N2O/c1-17-13-19(3)30(5)24(14-17)26-18(2)11-12-22-27-23(20-9-7-6-8-10-20)15-21(29-4)16-25(27)31-28(22)26/h6-16H,1-3,5H3/q+1. The highest BCUT2D eigenvalue weighted by molar-refractivity contribution is 6.16. The Labute approximate surface area is 182 Å². The lowest BCUT2D eigenvalue weighted by Gasteiger charge is -2.08. The summed E-state index contributed by atoms with van der Waals surface area (Å²) in [7, 11) is 2.09. The van der Waals surface area contributed by atoms with Crippen LogP contribution in [-0.4, -0.2) is 0 Å². The smallest absolute Gasteiger partial charge is 0.216 e. The van der Waals surface area contributed by atoms with Crippen LogP contribution in [0, 0.1) is 27.3 Å². The predicted molar refractivity (Wildman–Crippen MR) is 126 cm³/mol. The molecule has 0 aliphatic carbocycles. The fraction of sp³-hybridized carbons (Fsp3) is 0.143. The van der Waals surface area contributed by atoms with Gasteiger partial charge in [0.2, 0.25) is 5.69 Å². The number of hydrogen-bond acceptors (Lipinski definition) is 1. The molecule has 0 amide bonds. The number of fused-ring (bicyclic) bond motifs is 3. The third kappa shape index (κ3) is 3.00. The Morgan fingerprint density at radius 2 is 1.68 bits per heavy atom. The lowest BCUT2D eigenvalue weighted by Crippen LogP contribution is -2.35. The van der Waals surface area contributed by atoms with Gasteiger partial charge in [-0.25, -0.2) is 4.85 Å². The summed E-state index contributed by atoms with van der Waals surface area (Å²) in [5, 5.41) is 2.13. The van der Waals surface area contributed by atoms with E-state index in [9.17, 15) is 0 Å². The number of furan rings is 1.